The summed E-state index contributed by atoms with van der Waals surface area (Å²) in [7, 11) is -2.09. The van der Waals surface area contributed by atoms with Crippen LogP contribution in [0, 0.1) is 5.92 Å². The number of sulfonamides is 1. The zero-order chi connectivity index (χ0) is 31.6. The van der Waals surface area contributed by atoms with Crippen LogP contribution in [0.5, 0.6) is 5.75 Å². The van der Waals surface area contributed by atoms with Gasteiger partial charge in [-0.05, 0) is 59.9 Å². The van der Waals surface area contributed by atoms with Crippen molar-refractivity contribution in [3.05, 3.63) is 94.0 Å². The van der Waals surface area contributed by atoms with Gasteiger partial charge in [0.15, 0.2) is 0 Å². The minimum atomic E-state index is -3.63. The van der Waals surface area contributed by atoms with Gasteiger partial charge in [-0.2, -0.15) is 0 Å². The third-order valence-corrected chi connectivity index (χ3v) is 8.61. The molecule has 3 rings (SSSR count). The number of anilines is 1. The summed E-state index contributed by atoms with van der Waals surface area (Å²) in [5.41, 5.74) is 2.01. The van der Waals surface area contributed by atoms with E-state index in [4.69, 9.17) is 27.9 Å². The Morgan fingerprint density at radius 1 is 0.977 bits per heavy atom. The fraction of sp³-hybridized carbons (Fsp3) is 0.375. The lowest BCUT2D eigenvalue weighted by Gasteiger charge is -2.32. The molecule has 3 aromatic carbocycles. The lowest BCUT2D eigenvalue weighted by atomic mass is 10.0. The molecular formula is C32H39Cl2N3O5S. The minimum absolute atomic E-state index is 0.0101. The maximum Gasteiger partial charge on any atom is 0.243 e. The van der Waals surface area contributed by atoms with E-state index in [9.17, 15) is 18.0 Å². The van der Waals surface area contributed by atoms with Crippen LogP contribution in [-0.2, 0) is 32.6 Å². The molecule has 11 heteroatoms. The second kappa shape index (κ2) is 16.0. The molecule has 0 unspecified atom stereocenters. The maximum atomic E-state index is 13.9. The van der Waals surface area contributed by atoms with Crippen molar-refractivity contribution >= 4 is 50.7 Å². The van der Waals surface area contributed by atoms with Gasteiger partial charge in [-0.1, -0.05) is 73.4 Å². The van der Waals surface area contributed by atoms with Gasteiger partial charge < -0.3 is 15.0 Å². The molecule has 2 amide bonds. The Labute approximate surface area is 265 Å². The van der Waals surface area contributed by atoms with Crippen molar-refractivity contribution in [2.75, 3.05) is 30.8 Å². The average Bonchev–Trinajstić information content (AvgIpc) is 2.96. The van der Waals surface area contributed by atoms with E-state index in [-0.39, 0.29) is 43.7 Å². The molecule has 8 nitrogen and oxygen atoms in total. The molecule has 0 spiro atoms. The Hall–Kier alpha value is -3.27. The number of ether oxygens (including phenoxy) is 1. The fourth-order valence-electron chi connectivity index (χ4n) is 4.56. The highest BCUT2D eigenvalue weighted by Gasteiger charge is 2.31. The van der Waals surface area contributed by atoms with Crippen LogP contribution in [0.25, 0.3) is 0 Å². The first-order valence-corrected chi connectivity index (χ1v) is 16.7. The Bertz CT molecular complexity index is 1470. The summed E-state index contributed by atoms with van der Waals surface area (Å²) >= 11 is 12.6. The lowest BCUT2D eigenvalue weighted by Crippen LogP contribution is -2.51. The summed E-state index contributed by atoms with van der Waals surface area (Å²) in [6.45, 7) is 4.61. The molecule has 0 aromatic heterocycles. The number of nitrogens with one attached hydrogen (secondary N) is 1. The third kappa shape index (κ3) is 10.4. The number of hydrogen-bond donors (Lipinski definition) is 1. The highest BCUT2D eigenvalue weighted by Crippen LogP contribution is 2.26. The van der Waals surface area contributed by atoms with Crippen molar-refractivity contribution < 1.29 is 22.7 Å². The van der Waals surface area contributed by atoms with E-state index in [1.807, 2.05) is 44.2 Å². The van der Waals surface area contributed by atoms with Crippen molar-refractivity contribution in [3.8, 4) is 5.75 Å². The van der Waals surface area contributed by atoms with Crippen molar-refractivity contribution in [2.45, 2.75) is 45.7 Å². The van der Waals surface area contributed by atoms with Crippen molar-refractivity contribution in [3.63, 3.8) is 0 Å². The van der Waals surface area contributed by atoms with E-state index in [1.54, 1.807) is 42.5 Å². The molecule has 0 bridgehead atoms. The van der Waals surface area contributed by atoms with Gasteiger partial charge in [-0.25, -0.2) is 8.42 Å². The van der Waals surface area contributed by atoms with E-state index in [0.717, 1.165) is 11.8 Å². The molecule has 232 valence electrons. The van der Waals surface area contributed by atoms with Crippen molar-refractivity contribution in [1.29, 1.82) is 0 Å². The Balaban J connectivity index is 1.90. The summed E-state index contributed by atoms with van der Waals surface area (Å²) in [4.78, 5) is 29.1. The predicted octanol–water partition coefficient (Wildman–Crippen LogP) is 5.96. The van der Waals surface area contributed by atoms with E-state index in [0.29, 0.717) is 40.0 Å². The Kier molecular flexibility index (Phi) is 12.7. The Morgan fingerprint density at radius 3 is 2.23 bits per heavy atom. The van der Waals surface area contributed by atoms with Crippen molar-refractivity contribution in [1.82, 2.24) is 10.2 Å². The number of nitrogens with zero attached hydrogens (tertiary/aromatic N) is 2. The van der Waals surface area contributed by atoms with Crippen LogP contribution >= 0.6 is 23.2 Å². The van der Waals surface area contributed by atoms with Crippen LogP contribution in [0.1, 0.15) is 37.8 Å². The summed E-state index contributed by atoms with van der Waals surface area (Å²) in [6.07, 6.45) is 1.66. The minimum Gasteiger partial charge on any atom is -0.497 e. The molecule has 0 fully saturated rings. The van der Waals surface area contributed by atoms with Gasteiger partial charge in [0.05, 0.1) is 19.1 Å². The molecule has 0 saturated carbocycles. The standard InChI is InChI=1S/C32H39Cl2N3O5S/c1-23(2)21-35-32(39)30(19-24-9-6-5-7-10-24)36(22-25-12-13-26(33)20-29(25)34)31(38)11-8-18-37(43(4,40)41)27-14-16-28(42-3)17-15-27/h5-7,9-10,12-17,20,23,30H,8,11,18-19,21-22H2,1-4H3,(H,35,39)/t30-/m1/s1. The van der Waals surface area contributed by atoms with E-state index in [2.05, 4.69) is 5.32 Å². The first-order valence-electron chi connectivity index (χ1n) is 14.1. The zero-order valence-corrected chi connectivity index (χ0v) is 27.3. The molecule has 43 heavy (non-hydrogen) atoms. The number of hydrogen-bond acceptors (Lipinski definition) is 5. The van der Waals surface area contributed by atoms with Gasteiger partial charge >= 0.3 is 0 Å². The maximum absolute atomic E-state index is 13.9. The molecule has 0 aliphatic carbocycles. The van der Waals surface area contributed by atoms with Gasteiger partial charge in [0, 0.05) is 42.5 Å². The third-order valence-electron chi connectivity index (χ3n) is 6.82. The van der Waals surface area contributed by atoms with Gasteiger partial charge in [-0.15, -0.1) is 0 Å². The lowest BCUT2D eigenvalue weighted by molar-refractivity contribution is -0.141. The Morgan fingerprint density at radius 2 is 1.65 bits per heavy atom. The van der Waals surface area contributed by atoms with Gasteiger partial charge in [0.1, 0.15) is 11.8 Å². The fourth-order valence-corrected chi connectivity index (χ4v) is 6.00. The molecule has 0 heterocycles. The molecule has 3 aromatic rings. The number of halogens is 2. The highest BCUT2D eigenvalue weighted by molar-refractivity contribution is 7.92. The molecule has 0 radical (unpaired) electrons. The number of rotatable bonds is 15. The van der Waals surface area contributed by atoms with Crippen LogP contribution in [0.3, 0.4) is 0 Å². The molecule has 0 aliphatic rings. The molecule has 0 aliphatic heterocycles. The zero-order valence-electron chi connectivity index (χ0n) is 24.9. The van der Waals surface area contributed by atoms with Crippen LogP contribution in [0.15, 0.2) is 72.8 Å². The normalized spacial score (nSPS) is 12.1. The summed E-state index contributed by atoms with van der Waals surface area (Å²) in [5, 5.41) is 3.83. The second-order valence-corrected chi connectivity index (χ2v) is 13.5. The van der Waals surface area contributed by atoms with E-state index in [1.165, 1.54) is 16.3 Å². The largest absolute Gasteiger partial charge is 0.497 e. The van der Waals surface area contributed by atoms with Crippen LogP contribution in [-0.4, -0.2) is 57.6 Å². The summed E-state index contributed by atoms with van der Waals surface area (Å²) < 4.78 is 31.7. The van der Waals surface area contributed by atoms with E-state index < -0.39 is 16.1 Å². The number of carbonyl (C=O) groups is 2. The van der Waals surface area contributed by atoms with Gasteiger partial charge in [0.25, 0.3) is 0 Å². The molecule has 0 saturated heterocycles. The van der Waals surface area contributed by atoms with Crippen LogP contribution < -0.4 is 14.4 Å². The number of benzene rings is 3. The number of carbonyl (C=O) groups excluding carboxylic acids is 2. The number of amides is 2. The van der Waals surface area contributed by atoms with E-state index >= 15 is 0 Å². The summed E-state index contributed by atoms with van der Waals surface area (Å²) in [6, 6.07) is 20.4. The topological polar surface area (TPSA) is 96.0 Å². The molecular weight excluding hydrogens is 609 g/mol. The molecule has 1 N–H and O–H groups in total. The average molecular weight is 649 g/mol. The SMILES string of the molecule is COc1ccc(N(CCCC(=O)N(Cc2ccc(Cl)cc2Cl)[C@H](Cc2ccccc2)C(=O)NCC(C)C)S(C)(=O)=O)cc1. The highest BCUT2D eigenvalue weighted by atomic mass is 35.5. The summed E-state index contributed by atoms with van der Waals surface area (Å²) in [5.74, 6) is 0.252. The predicted molar refractivity (Wildman–Crippen MR) is 173 cm³/mol. The van der Waals surface area contributed by atoms with Gasteiger partial charge in [-0.3, -0.25) is 13.9 Å². The quantitative estimate of drug-likeness (QED) is 0.220. The molecule has 1 atom stereocenters. The first-order chi connectivity index (χ1) is 20.4. The smallest absolute Gasteiger partial charge is 0.243 e. The van der Waals surface area contributed by atoms with Gasteiger partial charge in [0.2, 0.25) is 21.8 Å². The van der Waals surface area contributed by atoms with Crippen molar-refractivity contribution in [2.24, 2.45) is 5.92 Å². The first kappa shape index (κ1) is 34.2. The monoisotopic (exact) mass is 647 g/mol. The van der Waals surface area contributed by atoms with Crippen LogP contribution in [0.2, 0.25) is 10.0 Å². The van der Waals surface area contributed by atoms with Crippen LogP contribution in [0.4, 0.5) is 5.69 Å². The number of methoxy groups -OCH3 is 1. The second-order valence-electron chi connectivity index (χ2n) is 10.7.